The third-order valence-electron chi connectivity index (χ3n) is 3.51. The van der Waals surface area contributed by atoms with E-state index < -0.39 is 0 Å². The SMILES string of the molecule is Cc1ccc(C(=O)NC(CN)c2ccccc2)cc1C. The topological polar surface area (TPSA) is 55.1 Å². The summed E-state index contributed by atoms with van der Waals surface area (Å²) in [5.41, 5.74) is 9.75. The molecule has 0 bridgehead atoms. The molecular formula is C17H20N2O. The Morgan fingerprint density at radius 1 is 1.10 bits per heavy atom. The van der Waals surface area contributed by atoms with Gasteiger partial charge in [-0.2, -0.15) is 0 Å². The highest BCUT2D eigenvalue weighted by Crippen LogP contribution is 2.14. The van der Waals surface area contributed by atoms with Crippen LogP contribution >= 0.6 is 0 Å². The molecule has 0 saturated carbocycles. The van der Waals surface area contributed by atoms with E-state index in [4.69, 9.17) is 5.73 Å². The minimum Gasteiger partial charge on any atom is -0.344 e. The van der Waals surface area contributed by atoms with Crippen LogP contribution in [0.5, 0.6) is 0 Å². The van der Waals surface area contributed by atoms with Crippen LogP contribution in [0.25, 0.3) is 0 Å². The van der Waals surface area contributed by atoms with Gasteiger partial charge in [0.05, 0.1) is 6.04 Å². The molecule has 0 aliphatic rings. The van der Waals surface area contributed by atoms with E-state index in [1.54, 1.807) is 0 Å². The quantitative estimate of drug-likeness (QED) is 0.895. The van der Waals surface area contributed by atoms with Crippen LogP contribution in [-0.2, 0) is 0 Å². The van der Waals surface area contributed by atoms with Gasteiger partial charge in [-0.1, -0.05) is 36.4 Å². The molecule has 0 heterocycles. The Bertz CT molecular complexity index is 593. The minimum atomic E-state index is -0.162. The fraction of sp³-hybridized carbons (Fsp3) is 0.235. The van der Waals surface area contributed by atoms with Crippen LogP contribution in [0.2, 0.25) is 0 Å². The number of aryl methyl sites for hydroxylation is 2. The first kappa shape index (κ1) is 14.3. The van der Waals surface area contributed by atoms with E-state index >= 15 is 0 Å². The largest absolute Gasteiger partial charge is 0.344 e. The summed E-state index contributed by atoms with van der Waals surface area (Å²) in [5, 5.41) is 2.98. The average molecular weight is 268 g/mol. The van der Waals surface area contributed by atoms with Crippen molar-refractivity contribution in [2.24, 2.45) is 5.73 Å². The van der Waals surface area contributed by atoms with Gasteiger partial charge < -0.3 is 11.1 Å². The molecule has 0 aliphatic heterocycles. The number of carbonyl (C=O) groups is 1. The zero-order valence-electron chi connectivity index (χ0n) is 11.9. The first-order valence-corrected chi connectivity index (χ1v) is 6.75. The van der Waals surface area contributed by atoms with Gasteiger partial charge in [0.25, 0.3) is 5.91 Å². The highest BCUT2D eigenvalue weighted by molar-refractivity contribution is 5.94. The van der Waals surface area contributed by atoms with Crippen LogP contribution in [-0.4, -0.2) is 12.5 Å². The molecule has 0 radical (unpaired) electrons. The van der Waals surface area contributed by atoms with E-state index in [0.29, 0.717) is 12.1 Å². The fourth-order valence-corrected chi connectivity index (χ4v) is 2.09. The van der Waals surface area contributed by atoms with E-state index in [2.05, 4.69) is 5.32 Å². The van der Waals surface area contributed by atoms with E-state index in [-0.39, 0.29) is 11.9 Å². The van der Waals surface area contributed by atoms with Crippen LogP contribution in [0.4, 0.5) is 0 Å². The third-order valence-corrected chi connectivity index (χ3v) is 3.51. The molecule has 1 atom stereocenters. The fourth-order valence-electron chi connectivity index (χ4n) is 2.09. The lowest BCUT2D eigenvalue weighted by molar-refractivity contribution is 0.0937. The summed E-state index contributed by atoms with van der Waals surface area (Å²) in [5.74, 6) is -0.0904. The van der Waals surface area contributed by atoms with Crippen molar-refractivity contribution in [3.63, 3.8) is 0 Å². The smallest absolute Gasteiger partial charge is 0.251 e. The molecule has 0 saturated heterocycles. The van der Waals surface area contributed by atoms with Crippen molar-refractivity contribution in [1.29, 1.82) is 0 Å². The van der Waals surface area contributed by atoms with Gasteiger partial charge >= 0.3 is 0 Å². The molecular weight excluding hydrogens is 248 g/mol. The molecule has 2 rings (SSSR count). The maximum Gasteiger partial charge on any atom is 0.251 e. The van der Waals surface area contributed by atoms with Crippen LogP contribution in [0.1, 0.15) is 33.1 Å². The van der Waals surface area contributed by atoms with Crippen LogP contribution in [0.3, 0.4) is 0 Å². The zero-order valence-corrected chi connectivity index (χ0v) is 11.9. The van der Waals surface area contributed by atoms with Crippen molar-refractivity contribution in [1.82, 2.24) is 5.32 Å². The summed E-state index contributed by atoms with van der Waals surface area (Å²) in [6.45, 7) is 4.41. The average Bonchev–Trinajstić information content (AvgIpc) is 2.48. The molecule has 20 heavy (non-hydrogen) atoms. The number of benzene rings is 2. The lowest BCUT2D eigenvalue weighted by atomic mass is 10.0. The Hall–Kier alpha value is -2.13. The first-order chi connectivity index (χ1) is 9.61. The molecule has 2 aromatic carbocycles. The standard InChI is InChI=1S/C17H20N2O/c1-12-8-9-15(10-13(12)2)17(20)19-16(11-18)14-6-4-3-5-7-14/h3-10,16H,11,18H2,1-2H3,(H,19,20). The monoisotopic (exact) mass is 268 g/mol. The zero-order chi connectivity index (χ0) is 14.5. The minimum absolute atomic E-state index is 0.0904. The normalized spacial score (nSPS) is 11.9. The predicted octanol–water partition coefficient (Wildman–Crippen LogP) is 2.73. The Kier molecular flexibility index (Phi) is 4.53. The second kappa shape index (κ2) is 6.35. The molecule has 0 fully saturated rings. The second-order valence-electron chi connectivity index (χ2n) is 4.97. The van der Waals surface area contributed by atoms with Gasteiger partial charge in [0.1, 0.15) is 0 Å². The summed E-state index contributed by atoms with van der Waals surface area (Å²) in [6, 6.07) is 15.3. The van der Waals surface area contributed by atoms with Gasteiger partial charge in [0.15, 0.2) is 0 Å². The maximum absolute atomic E-state index is 12.3. The Labute approximate surface area is 119 Å². The van der Waals surface area contributed by atoms with Crippen LogP contribution in [0.15, 0.2) is 48.5 Å². The number of hydrogen-bond acceptors (Lipinski definition) is 2. The summed E-state index contributed by atoms with van der Waals surface area (Å²) in [6.07, 6.45) is 0. The Balaban J connectivity index is 2.15. The first-order valence-electron chi connectivity index (χ1n) is 6.75. The number of nitrogens with two attached hydrogens (primary N) is 1. The van der Waals surface area contributed by atoms with E-state index in [1.807, 2.05) is 62.4 Å². The molecule has 0 aliphatic carbocycles. The Morgan fingerprint density at radius 3 is 2.40 bits per heavy atom. The molecule has 3 nitrogen and oxygen atoms in total. The van der Waals surface area contributed by atoms with Crippen molar-refractivity contribution in [2.45, 2.75) is 19.9 Å². The number of amides is 1. The number of rotatable bonds is 4. The highest BCUT2D eigenvalue weighted by atomic mass is 16.1. The summed E-state index contributed by atoms with van der Waals surface area (Å²) in [7, 11) is 0. The van der Waals surface area contributed by atoms with Gasteiger partial charge in [0, 0.05) is 12.1 Å². The molecule has 1 amide bonds. The lowest BCUT2D eigenvalue weighted by Crippen LogP contribution is -2.33. The van der Waals surface area contributed by atoms with Crippen molar-refractivity contribution in [3.05, 3.63) is 70.8 Å². The van der Waals surface area contributed by atoms with Crippen molar-refractivity contribution in [2.75, 3.05) is 6.54 Å². The predicted molar refractivity (Wildman–Crippen MR) is 81.6 cm³/mol. The van der Waals surface area contributed by atoms with Crippen molar-refractivity contribution < 1.29 is 4.79 Å². The summed E-state index contributed by atoms with van der Waals surface area (Å²) < 4.78 is 0. The lowest BCUT2D eigenvalue weighted by Gasteiger charge is -2.17. The van der Waals surface area contributed by atoms with Gasteiger partial charge in [-0.15, -0.1) is 0 Å². The number of carbonyl (C=O) groups excluding carboxylic acids is 1. The van der Waals surface area contributed by atoms with E-state index in [9.17, 15) is 4.79 Å². The Morgan fingerprint density at radius 2 is 1.80 bits per heavy atom. The van der Waals surface area contributed by atoms with E-state index in [0.717, 1.165) is 11.1 Å². The molecule has 0 spiro atoms. The molecule has 0 aromatic heterocycles. The van der Waals surface area contributed by atoms with Crippen molar-refractivity contribution >= 4 is 5.91 Å². The number of nitrogens with one attached hydrogen (secondary N) is 1. The van der Waals surface area contributed by atoms with Gasteiger partial charge in [-0.3, -0.25) is 4.79 Å². The van der Waals surface area contributed by atoms with Gasteiger partial charge in [0.2, 0.25) is 0 Å². The van der Waals surface area contributed by atoms with Crippen molar-refractivity contribution in [3.8, 4) is 0 Å². The second-order valence-corrected chi connectivity index (χ2v) is 4.97. The molecule has 104 valence electrons. The van der Waals surface area contributed by atoms with Crippen LogP contribution < -0.4 is 11.1 Å². The van der Waals surface area contributed by atoms with E-state index in [1.165, 1.54) is 5.56 Å². The molecule has 3 heteroatoms. The van der Waals surface area contributed by atoms with Crippen LogP contribution in [0, 0.1) is 13.8 Å². The summed E-state index contributed by atoms with van der Waals surface area (Å²) >= 11 is 0. The number of hydrogen-bond donors (Lipinski definition) is 2. The molecule has 3 N–H and O–H groups in total. The molecule has 2 aromatic rings. The third kappa shape index (κ3) is 3.25. The summed E-state index contributed by atoms with van der Waals surface area (Å²) in [4.78, 5) is 12.3. The maximum atomic E-state index is 12.3. The highest BCUT2D eigenvalue weighted by Gasteiger charge is 2.14. The van der Waals surface area contributed by atoms with Gasteiger partial charge in [-0.25, -0.2) is 0 Å². The van der Waals surface area contributed by atoms with Gasteiger partial charge in [-0.05, 0) is 42.7 Å². The molecule has 1 unspecified atom stereocenters.